The van der Waals surface area contributed by atoms with Crippen molar-refractivity contribution >= 4 is 40.0 Å². The molecule has 0 bridgehead atoms. The molecule has 16 heavy (non-hydrogen) atoms. The molecular formula is C8H6ClN5O2. The van der Waals surface area contributed by atoms with Gasteiger partial charge in [-0.15, -0.1) is 0 Å². The number of rotatable bonds is 1. The first kappa shape index (κ1) is 10.4. The predicted octanol–water partition coefficient (Wildman–Crippen LogP) is 1.36. The van der Waals surface area contributed by atoms with E-state index in [1.54, 1.807) is 0 Å². The lowest BCUT2D eigenvalue weighted by Crippen LogP contribution is -2.01. The lowest BCUT2D eigenvalue weighted by atomic mass is 10.2. The van der Waals surface area contributed by atoms with E-state index in [0.29, 0.717) is 5.52 Å². The molecule has 0 aliphatic carbocycles. The normalized spacial score (nSPS) is 10.6. The molecule has 0 radical (unpaired) electrons. The summed E-state index contributed by atoms with van der Waals surface area (Å²) >= 11 is 5.85. The maximum Gasteiger partial charge on any atom is 0.288 e. The van der Waals surface area contributed by atoms with Gasteiger partial charge in [-0.25, -0.2) is 4.98 Å². The molecular weight excluding hydrogens is 234 g/mol. The highest BCUT2D eigenvalue weighted by molar-refractivity contribution is 6.38. The van der Waals surface area contributed by atoms with Crippen LogP contribution in [0.2, 0.25) is 5.02 Å². The fraction of sp³-hybridized carbons (Fsp3) is 0. The van der Waals surface area contributed by atoms with Crippen molar-refractivity contribution in [1.29, 1.82) is 0 Å². The van der Waals surface area contributed by atoms with Crippen LogP contribution in [-0.2, 0) is 0 Å². The van der Waals surface area contributed by atoms with Gasteiger partial charge in [0.2, 0.25) is 5.95 Å². The van der Waals surface area contributed by atoms with Crippen molar-refractivity contribution in [2.45, 2.75) is 0 Å². The second kappa shape index (κ2) is 3.46. The number of nitrogens with zero attached hydrogens (tertiary/aromatic N) is 3. The smallest absolute Gasteiger partial charge is 0.288 e. The SMILES string of the molecule is Nc1nc(N)c2c(Cl)c([N+](=O)[O-])ccc2n1. The number of hydrogen-bond donors (Lipinski definition) is 2. The van der Waals surface area contributed by atoms with Crippen molar-refractivity contribution < 1.29 is 4.92 Å². The van der Waals surface area contributed by atoms with E-state index in [0.717, 1.165) is 0 Å². The highest BCUT2D eigenvalue weighted by atomic mass is 35.5. The number of fused-ring (bicyclic) bond motifs is 1. The maximum absolute atomic E-state index is 10.7. The van der Waals surface area contributed by atoms with Gasteiger partial charge in [0.1, 0.15) is 10.8 Å². The molecule has 0 spiro atoms. The minimum Gasteiger partial charge on any atom is -0.383 e. The molecule has 0 fully saturated rings. The van der Waals surface area contributed by atoms with E-state index in [4.69, 9.17) is 23.1 Å². The fourth-order valence-corrected chi connectivity index (χ4v) is 1.69. The van der Waals surface area contributed by atoms with Crippen molar-refractivity contribution in [2.75, 3.05) is 11.5 Å². The molecule has 8 heteroatoms. The number of hydrogen-bond acceptors (Lipinski definition) is 6. The van der Waals surface area contributed by atoms with Crippen molar-refractivity contribution in [3.63, 3.8) is 0 Å². The van der Waals surface area contributed by atoms with Gasteiger partial charge in [-0.05, 0) is 6.07 Å². The first-order valence-electron chi connectivity index (χ1n) is 4.16. The van der Waals surface area contributed by atoms with E-state index in [9.17, 15) is 10.1 Å². The van der Waals surface area contributed by atoms with E-state index in [1.807, 2.05) is 0 Å². The maximum atomic E-state index is 10.7. The average molecular weight is 240 g/mol. The number of nitro benzene ring substituents is 1. The number of nitrogens with two attached hydrogens (primary N) is 2. The number of benzene rings is 1. The summed E-state index contributed by atoms with van der Waals surface area (Å²) in [7, 11) is 0. The Bertz CT molecular complexity index is 600. The quantitative estimate of drug-likeness (QED) is 0.572. The second-order valence-electron chi connectivity index (χ2n) is 3.02. The lowest BCUT2D eigenvalue weighted by molar-refractivity contribution is -0.384. The summed E-state index contributed by atoms with van der Waals surface area (Å²) in [6.07, 6.45) is 0. The van der Waals surface area contributed by atoms with Gasteiger partial charge >= 0.3 is 0 Å². The Morgan fingerprint density at radius 3 is 2.62 bits per heavy atom. The van der Waals surface area contributed by atoms with Crippen LogP contribution >= 0.6 is 11.6 Å². The monoisotopic (exact) mass is 239 g/mol. The third-order valence-electron chi connectivity index (χ3n) is 2.02. The molecule has 0 amide bonds. The molecule has 0 saturated heterocycles. The molecule has 82 valence electrons. The van der Waals surface area contributed by atoms with Gasteiger partial charge in [-0.2, -0.15) is 4.98 Å². The average Bonchev–Trinajstić information content (AvgIpc) is 2.15. The van der Waals surface area contributed by atoms with E-state index in [2.05, 4.69) is 9.97 Å². The van der Waals surface area contributed by atoms with Crippen LogP contribution in [0.1, 0.15) is 0 Å². The molecule has 1 aromatic carbocycles. The first-order valence-corrected chi connectivity index (χ1v) is 4.54. The zero-order valence-electron chi connectivity index (χ0n) is 7.85. The standard InChI is InChI=1S/C8H6ClN5O2/c9-6-4(14(15)16)2-1-3-5(6)7(10)13-8(11)12-3/h1-2H,(H4,10,11,12,13). The Hall–Kier alpha value is -2.15. The molecule has 0 aliphatic heterocycles. The van der Waals surface area contributed by atoms with Crippen LogP contribution in [-0.4, -0.2) is 14.9 Å². The summed E-state index contributed by atoms with van der Waals surface area (Å²) in [5.74, 6) is 0.0196. The van der Waals surface area contributed by atoms with E-state index in [-0.39, 0.29) is 27.9 Å². The van der Waals surface area contributed by atoms with E-state index < -0.39 is 4.92 Å². The minimum atomic E-state index is -0.600. The van der Waals surface area contributed by atoms with E-state index >= 15 is 0 Å². The highest BCUT2D eigenvalue weighted by Crippen LogP contribution is 2.34. The summed E-state index contributed by atoms with van der Waals surface area (Å²) in [6, 6.07) is 2.67. The van der Waals surface area contributed by atoms with E-state index in [1.165, 1.54) is 12.1 Å². The highest BCUT2D eigenvalue weighted by Gasteiger charge is 2.18. The Labute approximate surface area is 94.2 Å². The number of halogens is 1. The van der Waals surface area contributed by atoms with Crippen LogP contribution in [0.25, 0.3) is 10.9 Å². The molecule has 2 aromatic rings. The minimum absolute atomic E-state index is 0.00470. The Balaban J connectivity index is 2.89. The zero-order chi connectivity index (χ0) is 11.9. The van der Waals surface area contributed by atoms with Crippen LogP contribution in [0.3, 0.4) is 0 Å². The van der Waals surface area contributed by atoms with Gasteiger partial charge in [0.25, 0.3) is 5.69 Å². The van der Waals surface area contributed by atoms with Crippen LogP contribution < -0.4 is 11.5 Å². The number of aromatic nitrogens is 2. The third kappa shape index (κ3) is 1.47. The van der Waals surface area contributed by atoms with Crippen molar-refractivity contribution in [2.24, 2.45) is 0 Å². The summed E-state index contributed by atoms with van der Waals surface area (Å²) in [4.78, 5) is 17.6. The lowest BCUT2D eigenvalue weighted by Gasteiger charge is -2.04. The van der Waals surface area contributed by atoms with Crippen molar-refractivity contribution in [3.8, 4) is 0 Å². The van der Waals surface area contributed by atoms with Crippen LogP contribution in [0, 0.1) is 10.1 Å². The summed E-state index contributed by atoms with van der Waals surface area (Å²) < 4.78 is 0. The van der Waals surface area contributed by atoms with Crippen LogP contribution in [0.5, 0.6) is 0 Å². The molecule has 0 aliphatic rings. The topological polar surface area (TPSA) is 121 Å². The zero-order valence-corrected chi connectivity index (χ0v) is 8.60. The molecule has 2 rings (SSSR count). The molecule has 1 heterocycles. The summed E-state index contributed by atoms with van der Waals surface area (Å²) in [6.45, 7) is 0. The van der Waals surface area contributed by atoms with Crippen molar-refractivity contribution in [3.05, 3.63) is 27.3 Å². The third-order valence-corrected chi connectivity index (χ3v) is 2.41. The predicted molar refractivity (Wildman–Crippen MR) is 60.0 cm³/mol. The second-order valence-corrected chi connectivity index (χ2v) is 3.39. The molecule has 1 aromatic heterocycles. The van der Waals surface area contributed by atoms with Gasteiger partial charge in [-0.1, -0.05) is 11.6 Å². The van der Waals surface area contributed by atoms with Gasteiger partial charge in [0.15, 0.2) is 0 Å². The van der Waals surface area contributed by atoms with Gasteiger partial charge in [0.05, 0.1) is 15.8 Å². The van der Waals surface area contributed by atoms with Crippen molar-refractivity contribution in [1.82, 2.24) is 9.97 Å². The Kier molecular flexibility index (Phi) is 2.24. The van der Waals surface area contributed by atoms with Gasteiger partial charge in [-0.3, -0.25) is 10.1 Å². The number of anilines is 2. The largest absolute Gasteiger partial charge is 0.383 e. The number of nitro groups is 1. The van der Waals surface area contributed by atoms with Gasteiger partial charge < -0.3 is 11.5 Å². The molecule has 0 atom stereocenters. The van der Waals surface area contributed by atoms with Gasteiger partial charge in [0, 0.05) is 6.07 Å². The number of nitrogen functional groups attached to an aromatic ring is 2. The van der Waals surface area contributed by atoms with Crippen LogP contribution in [0.4, 0.5) is 17.5 Å². The fourth-order valence-electron chi connectivity index (χ4n) is 1.36. The Morgan fingerprint density at radius 2 is 2.00 bits per heavy atom. The summed E-state index contributed by atoms with van der Waals surface area (Å²) in [5.41, 5.74) is 11.1. The molecule has 4 N–H and O–H groups in total. The summed E-state index contributed by atoms with van der Waals surface area (Å²) in [5, 5.41) is 10.8. The first-order chi connectivity index (χ1) is 7.50. The molecule has 7 nitrogen and oxygen atoms in total. The molecule has 0 unspecified atom stereocenters. The van der Waals surface area contributed by atoms with Crippen LogP contribution in [0.15, 0.2) is 12.1 Å². The molecule has 0 saturated carbocycles. The Morgan fingerprint density at radius 1 is 1.31 bits per heavy atom.